The minimum absolute atomic E-state index is 0.626. The molecule has 1 aliphatic rings. The van der Waals surface area contributed by atoms with Crippen LogP contribution in [-0.4, -0.2) is 21.3 Å². The van der Waals surface area contributed by atoms with E-state index in [0.29, 0.717) is 13.1 Å². The fourth-order valence-electron chi connectivity index (χ4n) is 3.03. The third-order valence-electron chi connectivity index (χ3n) is 4.44. The second kappa shape index (κ2) is 7.41. The van der Waals surface area contributed by atoms with Crippen molar-refractivity contribution in [2.24, 2.45) is 0 Å². The molecule has 9 heteroatoms. The van der Waals surface area contributed by atoms with E-state index in [2.05, 4.69) is 25.4 Å². The molecule has 0 saturated carbocycles. The summed E-state index contributed by atoms with van der Waals surface area (Å²) in [5, 5.41) is 15.0. The number of halogens is 3. The zero-order valence-corrected chi connectivity index (χ0v) is 15.2. The largest absolute Gasteiger partial charge is 0.416 e. The normalized spacial score (nSPS) is 14.3. The van der Waals surface area contributed by atoms with E-state index < -0.39 is 11.7 Å². The molecule has 0 atom stereocenters. The summed E-state index contributed by atoms with van der Waals surface area (Å²) in [5.74, 6) is 1.88. The SMILES string of the molecule is FC(F)(F)c1ccc(-c2ccc(CNCc3nnc4n3CCNC4)s2)cc1. The molecule has 3 heterocycles. The lowest BCUT2D eigenvalue weighted by molar-refractivity contribution is -0.137. The van der Waals surface area contributed by atoms with Gasteiger partial charge >= 0.3 is 6.18 Å². The van der Waals surface area contributed by atoms with Gasteiger partial charge in [0.05, 0.1) is 18.7 Å². The monoisotopic (exact) mass is 393 g/mol. The fourth-order valence-corrected chi connectivity index (χ4v) is 4.01. The molecule has 0 bridgehead atoms. The molecule has 142 valence electrons. The predicted octanol–water partition coefficient (Wildman–Crippen LogP) is 3.42. The fraction of sp³-hybridized carbons (Fsp3) is 0.333. The van der Waals surface area contributed by atoms with Crippen LogP contribution in [-0.2, 0) is 32.4 Å². The second-order valence-electron chi connectivity index (χ2n) is 6.31. The summed E-state index contributed by atoms with van der Waals surface area (Å²) in [4.78, 5) is 2.07. The van der Waals surface area contributed by atoms with Crippen LogP contribution >= 0.6 is 11.3 Å². The molecule has 0 fully saturated rings. The van der Waals surface area contributed by atoms with Gasteiger partial charge in [-0.15, -0.1) is 21.5 Å². The first-order valence-electron chi connectivity index (χ1n) is 8.59. The first-order valence-corrected chi connectivity index (χ1v) is 9.41. The highest BCUT2D eigenvalue weighted by Crippen LogP contribution is 2.33. The Morgan fingerprint density at radius 1 is 1.07 bits per heavy atom. The van der Waals surface area contributed by atoms with Crippen molar-refractivity contribution in [3.63, 3.8) is 0 Å². The number of aromatic nitrogens is 3. The standard InChI is InChI=1S/C18H18F3N5S/c19-18(20,21)13-3-1-12(2-4-13)15-6-5-14(27-15)9-23-11-17-25-24-16-10-22-7-8-26(16)17/h1-6,22-23H,7-11H2. The van der Waals surface area contributed by atoms with Gasteiger partial charge in [-0.3, -0.25) is 0 Å². The maximum atomic E-state index is 12.7. The van der Waals surface area contributed by atoms with Gasteiger partial charge in [-0.25, -0.2) is 0 Å². The van der Waals surface area contributed by atoms with Crippen molar-refractivity contribution in [2.45, 2.75) is 32.4 Å². The summed E-state index contributed by atoms with van der Waals surface area (Å²) in [6.45, 7) is 3.83. The van der Waals surface area contributed by atoms with Crippen LogP contribution in [0.5, 0.6) is 0 Å². The first-order chi connectivity index (χ1) is 13.0. The molecule has 4 rings (SSSR count). The molecule has 27 heavy (non-hydrogen) atoms. The number of thiophene rings is 1. The Morgan fingerprint density at radius 2 is 1.89 bits per heavy atom. The maximum Gasteiger partial charge on any atom is 0.416 e. The number of alkyl halides is 3. The summed E-state index contributed by atoms with van der Waals surface area (Å²) >= 11 is 1.57. The van der Waals surface area contributed by atoms with E-state index in [1.807, 2.05) is 12.1 Å². The van der Waals surface area contributed by atoms with Crippen LogP contribution in [0.3, 0.4) is 0 Å². The molecule has 0 unspecified atom stereocenters. The number of hydrogen-bond donors (Lipinski definition) is 2. The average Bonchev–Trinajstić information content (AvgIpc) is 3.29. The van der Waals surface area contributed by atoms with Gasteiger partial charge in [0.2, 0.25) is 0 Å². The molecule has 0 amide bonds. The van der Waals surface area contributed by atoms with Gasteiger partial charge in [-0.1, -0.05) is 12.1 Å². The second-order valence-corrected chi connectivity index (χ2v) is 7.47. The van der Waals surface area contributed by atoms with E-state index in [9.17, 15) is 13.2 Å². The molecular formula is C18H18F3N5S. The Balaban J connectivity index is 1.36. The van der Waals surface area contributed by atoms with E-state index in [4.69, 9.17) is 0 Å². The molecule has 3 aromatic rings. The number of rotatable bonds is 5. The minimum Gasteiger partial charge on any atom is -0.312 e. The number of benzene rings is 1. The van der Waals surface area contributed by atoms with Crippen LogP contribution in [0.4, 0.5) is 13.2 Å². The third-order valence-corrected chi connectivity index (χ3v) is 5.57. The molecule has 1 aliphatic heterocycles. The lowest BCUT2D eigenvalue weighted by Gasteiger charge is -2.16. The Kier molecular flexibility index (Phi) is 4.98. The van der Waals surface area contributed by atoms with Crippen molar-refractivity contribution in [1.82, 2.24) is 25.4 Å². The van der Waals surface area contributed by atoms with Gasteiger partial charge in [0.1, 0.15) is 11.6 Å². The van der Waals surface area contributed by atoms with Crippen LogP contribution in [0.15, 0.2) is 36.4 Å². The summed E-state index contributed by atoms with van der Waals surface area (Å²) < 4.78 is 40.1. The van der Waals surface area contributed by atoms with Gasteiger partial charge in [0.25, 0.3) is 0 Å². The van der Waals surface area contributed by atoms with Crippen molar-refractivity contribution in [1.29, 1.82) is 0 Å². The molecule has 0 saturated heterocycles. The Morgan fingerprint density at radius 3 is 2.67 bits per heavy atom. The maximum absolute atomic E-state index is 12.7. The van der Waals surface area contributed by atoms with Gasteiger partial charge in [-0.2, -0.15) is 13.2 Å². The van der Waals surface area contributed by atoms with E-state index in [1.54, 1.807) is 11.3 Å². The quantitative estimate of drug-likeness (QED) is 0.698. The molecule has 1 aromatic carbocycles. The minimum atomic E-state index is -4.31. The Bertz CT molecular complexity index is 914. The lowest BCUT2D eigenvalue weighted by atomic mass is 10.1. The van der Waals surface area contributed by atoms with Crippen LogP contribution in [0.25, 0.3) is 10.4 Å². The van der Waals surface area contributed by atoms with Crippen molar-refractivity contribution < 1.29 is 13.2 Å². The zero-order valence-electron chi connectivity index (χ0n) is 14.4. The number of hydrogen-bond acceptors (Lipinski definition) is 5. The van der Waals surface area contributed by atoms with Gasteiger partial charge in [0, 0.05) is 29.4 Å². The van der Waals surface area contributed by atoms with Crippen molar-refractivity contribution in [3.8, 4) is 10.4 Å². The smallest absolute Gasteiger partial charge is 0.312 e. The van der Waals surface area contributed by atoms with E-state index in [0.717, 1.165) is 58.7 Å². The van der Waals surface area contributed by atoms with Crippen LogP contribution in [0, 0.1) is 0 Å². The van der Waals surface area contributed by atoms with Gasteiger partial charge in [-0.05, 0) is 29.8 Å². The molecule has 5 nitrogen and oxygen atoms in total. The highest BCUT2D eigenvalue weighted by atomic mass is 32.1. The summed E-state index contributed by atoms with van der Waals surface area (Å²) in [6, 6.07) is 9.21. The van der Waals surface area contributed by atoms with Crippen molar-refractivity contribution in [3.05, 3.63) is 58.5 Å². The summed E-state index contributed by atoms with van der Waals surface area (Å²) in [7, 11) is 0. The molecule has 0 radical (unpaired) electrons. The van der Waals surface area contributed by atoms with E-state index >= 15 is 0 Å². The molecule has 0 aliphatic carbocycles. The topological polar surface area (TPSA) is 54.8 Å². The molecule has 0 spiro atoms. The Hall–Kier alpha value is -2.23. The van der Waals surface area contributed by atoms with E-state index in [1.165, 1.54) is 12.1 Å². The zero-order chi connectivity index (χ0) is 18.9. The number of nitrogens with one attached hydrogen (secondary N) is 2. The first kappa shape index (κ1) is 18.1. The van der Waals surface area contributed by atoms with Crippen LogP contribution in [0.2, 0.25) is 0 Å². The highest BCUT2D eigenvalue weighted by Gasteiger charge is 2.30. The van der Waals surface area contributed by atoms with E-state index in [-0.39, 0.29) is 0 Å². The Labute approximate surface area is 158 Å². The average molecular weight is 393 g/mol. The van der Waals surface area contributed by atoms with Crippen LogP contribution in [0.1, 0.15) is 22.1 Å². The third kappa shape index (κ3) is 4.05. The van der Waals surface area contributed by atoms with Gasteiger partial charge in [0.15, 0.2) is 0 Å². The van der Waals surface area contributed by atoms with Crippen LogP contribution < -0.4 is 10.6 Å². The molecular weight excluding hydrogens is 375 g/mol. The number of fused-ring (bicyclic) bond motifs is 1. The highest BCUT2D eigenvalue weighted by molar-refractivity contribution is 7.15. The molecule has 2 aromatic heterocycles. The van der Waals surface area contributed by atoms with Gasteiger partial charge < -0.3 is 15.2 Å². The summed E-state index contributed by atoms with van der Waals surface area (Å²) in [5.41, 5.74) is 0.162. The van der Waals surface area contributed by atoms with Crippen molar-refractivity contribution in [2.75, 3.05) is 6.54 Å². The molecule has 2 N–H and O–H groups in total. The predicted molar refractivity (Wildman–Crippen MR) is 97.0 cm³/mol. The summed E-state index contributed by atoms with van der Waals surface area (Å²) in [6.07, 6.45) is -4.31. The number of nitrogens with zero attached hydrogens (tertiary/aromatic N) is 3. The van der Waals surface area contributed by atoms with Crippen molar-refractivity contribution >= 4 is 11.3 Å². The lowest BCUT2D eigenvalue weighted by Crippen LogP contribution is -2.30.